The first-order chi connectivity index (χ1) is 13.2. The Morgan fingerprint density at radius 1 is 0.815 bits per heavy atom. The predicted molar refractivity (Wildman–Crippen MR) is 118 cm³/mol. The molecule has 4 aliphatic carbocycles. The van der Waals surface area contributed by atoms with Gasteiger partial charge in [-0.25, -0.2) is 0 Å². The third kappa shape index (κ3) is 3.44. The van der Waals surface area contributed by atoms with Crippen molar-refractivity contribution in [2.45, 2.75) is 118 Å². The van der Waals surface area contributed by atoms with Gasteiger partial charge in [0.2, 0.25) is 0 Å². The lowest BCUT2D eigenvalue weighted by molar-refractivity contribution is -0.114. The van der Waals surface area contributed by atoms with Crippen molar-refractivity contribution in [1.82, 2.24) is 0 Å². The third-order valence-corrected chi connectivity index (χ3v) is 10.5. The van der Waals surface area contributed by atoms with Gasteiger partial charge in [0.25, 0.3) is 0 Å². The molecule has 0 aromatic rings. The maximum Gasteiger partial charge on any atom is 0.0303 e. The van der Waals surface area contributed by atoms with Gasteiger partial charge in [0.1, 0.15) is 0 Å². The Hall–Kier alpha value is 0. The van der Waals surface area contributed by atoms with Gasteiger partial charge >= 0.3 is 0 Å². The minimum absolute atomic E-state index is 0.211. The van der Waals surface area contributed by atoms with Gasteiger partial charge in [0.05, 0.1) is 0 Å². The van der Waals surface area contributed by atoms with Crippen LogP contribution in [0.3, 0.4) is 0 Å². The van der Waals surface area contributed by atoms with E-state index in [4.69, 9.17) is 0 Å². The number of fused-ring (bicyclic) bond motifs is 5. The second-order valence-corrected chi connectivity index (χ2v) is 12.2. The topological polar surface area (TPSA) is 0 Å². The Morgan fingerprint density at radius 3 is 2.37 bits per heavy atom. The van der Waals surface area contributed by atoms with Crippen LogP contribution in [0.5, 0.6) is 0 Å². The van der Waals surface area contributed by atoms with Crippen LogP contribution in [0.25, 0.3) is 0 Å². The molecule has 0 heterocycles. The van der Waals surface area contributed by atoms with Crippen LogP contribution in [0, 0.1) is 52.2 Å². The molecule has 0 aliphatic heterocycles. The average molecular weight is 374 g/mol. The Bertz CT molecular complexity index is 550. The molecular weight excluding hydrogens is 324 g/mol. The van der Waals surface area contributed by atoms with E-state index in [2.05, 4.69) is 34.6 Å². The van der Waals surface area contributed by atoms with E-state index in [0.29, 0.717) is 16.7 Å². The summed E-state index contributed by atoms with van der Waals surface area (Å²) in [5, 5.41) is 0. The highest BCUT2D eigenvalue weighted by Gasteiger charge is 2.59. The Morgan fingerprint density at radius 2 is 1.59 bits per heavy atom. The summed E-state index contributed by atoms with van der Waals surface area (Å²) in [6.45, 7) is 12.3. The van der Waals surface area contributed by atoms with Gasteiger partial charge in [-0.3, -0.25) is 0 Å². The fourth-order valence-electron chi connectivity index (χ4n) is 9.07. The molecule has 8 atom stereocenters. The van der Waals surface area contributed by atoms with Crippen LogP contribution in [-0.4, -0.2) is 0 Å². The molecule has 0 bridgehead atoms. The van der Waals surface area contributed by atoms with Gasteiger partial charge in [0.15, 0.2) is 0 Å². The van der Waals surface area contributed by atoms with Crippen LogP contribution in [-0.2, 0) is 0 Å². The molecule has 4 saturated carbocycles. The largest absolute Gasteiger partial charge is 0.0628 e. The highest BCUT2D eigenvalue weighted by molar-refractivity contribution is 5.09. The summed E-state index contributed by atoms with van der Waals surface area (Å²) in [6, 6.07) is 0. The third-order valence-electron chi connectivity index (χ3n) is 10.5. The molecule has 0 radical (unpaired) electrons. The molecule has 4 rings (SSSR count). The van der Waals surface area contributed by atoms with Crippen LogP contribution in [0.15, 0.2) is 0 Å². The Kier molecular flexibility index (Phi) is 5.40. The standard InChI is InChI=1S/C27H48/c1-19(2)9-8-10-20(3)23-14-15-24-22-13-12-21-11-6-7-17-26(21,4)25(22)16-18-27(23,24)5/h19-25H,6-18H2,1-5H3/t20-,21?,22+,23-,24+,25+,26+,27-/m1/s1/i20D. The molecule has 0 heteroatoms. The summed E-state index contributed by atoms with van der Waals surface area (Å²) >= 11 is 0. The molecule has 27 heavy (non-hydrogen) atoms. The highest BCUT2D eigenvalue weighted by Crippen LogP contribution is 2.68. The highest BCUT2D eigenvalue weighted by atomic mass is 14.6. The van der Waals surface area contributed by atoms with Crippen LogP contribution < -0.4 is 0 Å². The second-order valence-electron chi connectivity index (χ2n) is 12.2. The molecular formula is C27H48. The first kappa shape index (κ1) is 19.0. The molecule has 1 unspecified atom stereocenters. The first-order valence-corrected chi connectivity index (χ1v) is 12.7. The van der Waals surface area contributed by atoms with Gasteiger partial charge in [0, 0.05) is 1.37 Å². The van der Waals surface area contributed by atoms with Gasteiger partial charge in [-0.2, -0.15) is 0 Å². The van der Waals surface area contributed by atoms with Crippen molar-refractivity contribution in [3.63, 3.8) is 0 Å². The fourth-order valence-corrected chi connectivity index (χ4v) is 9.07. The maximum atomic E-state index is 9.33. The van der Waals surface area contributed by atoms with Crippen molar-refractivity contribution in [2.75, 3.05) is 0 Å². The van der Waals surface area contributed by atoms with Crippen molar-refractivity contribution in [2.24, 2.45) is 52.2 Å². The first-order valence-electron chi connectivity index (χ1n) is 13.2. The molecule has 156 valence electrons. The van der Waals surface area contributed by atoms with E-state index < -0.39 is 0 Å². The average Bonchev–Trinajstić information content (AvgIpc) is 2.99. The van der Waals surface area contributed by atoms with Gasteiger partial charge in [-0.15, -0.1) is 0 Å². The molecule has 4 aliphatic rings. The van der Waals surface area contributed by atoms with E-state index in [9.17, 15) is 1.37 Å². The lowest BCUT2D eigenvalue weighted by atomic mass is 9.44. The summed E-state index contributed by atoms with van der Waals surface area (Å²) in [5.74, 6) is 5.14. The van der Waals surface area contributed by atoms with Crippen LogP contribution in [0.4, 0.5) is 0 Å². The van der Waals surface area contributed by atoms with Crippen molar-refractivity contribution in [3.05, 3.63) is 0 Å². The van der Waals surface area contributed by atoms with E-state index in [1.54, 1.807) is 0 Å². The zero-order valence-electron chi connectivity index (χ0n) is 20.2. The van der Waals surface area contributed by atoms with Crippen molar-refractivity contribution >= 4 is 0 Å². The molecule has 0 aromatic heterocycles. The molecule has 0 amide bonds. The summed E-state index contributed by atoms with van der Waals surface area (Å²) in [6.07, 6.45) is 18.4. The smallest absolute Gasteiger partial charge is 0.0303 e. The quantitative estimate of drug-likeness (QED) is 0.453. The summed E-state index contributed by atoms with van der Waals surface area (Å²) < 4.78 is 9.33. The van der Waals surface area contributed by atoms with E-state index in [0.717, 1.165) is 36.0 Å². The van der Waals surface area contributed by atoms with Crippen LogP contribution >= 0.6 is 0 Å². The zero-order chi connectivity index (χ0) is 20.2. The minimum Gasteiger partial charge on any atom is -0.0628 e. The van der Waals surface area contributed by atoms with E-state index in [1.807, 2.05) is 0 Å². The number of hydrogen-bond donors (Lipinski definition) is 0. The monoisotopic (exact) mass is 373 g/mol. The predicted octanol–water partition coefficient (Wildman–Crippen LogP) is 8.50. The molecule has 0 N–H and O–H groups in total. The van der Waals surface area contributed by atoms with Gasteiger partial charge in [-0.1, -0.05) is 66.7 Å². The Labute approximate surface area is 172 Å². The maximum absolute atomic E-state index is 9.33. The fraction of sp³-hybridized carbons (Fsp3) is 1.00. The summed E-state index contributed by atoms with van der Waals surface area (Å²) in [5.41, 5.74) is 1.11. The van der Waals surface area contributed by atoms with Crippen molar-refractivity contribution < 1.29 is 1.37 Å². The van der Waals surface area contributed by atoms with E-state index in [-0.39, 0.29) is 5.89 Å². The minimum atomic E-state index is -0.211. The number of hydrogen-bond acceptors (Lipinski definition) is 0. The summed E-state index contributed by atoms with van der Waals surface area (Å²) in [7, 11) is 0. The lowest BCUT2D eigenvalue weighted by Crippen LogP contribution is -2.53. The lowest BCUT2D eigenvalue weighted by Gasteiger charge is -2.61. The van der Waals surface area contributed by atoms with Crippen molar-refractivity contribution in [1.29, 1.82) is 0 Å². The van der Waals surface area contributed by atoms with Crippen LogP contribution in [0.2, 0.25) is 0 Å². The SMILES string of the molecule is [2H][C@@](C)(CCCC(C)C)[C@H]1CC[C@H]2[C@@H]3CCC4CCCC[C@]4(C)[C@H]3CC[C@@]21C. The molecule has 4 fully saturated rings. The molecule has 0 nitrogen and oxygen atoms in total. The molecule has 0 saturated heterocycles. The second kappa shape index (κ2) is 7.68. The molecule has 0 aromatic carbocycles. The van der Waals surface area contributed by atoms with Gasteiger partial charge in [-0.05, 0) is 104 Å². The van der Waals surface area contributed by atoms with Crippen molar-refractivity contribution in [3.8, 4) is 0 Å². The Balaban J connectivity index is 1.50. The van der Waals surface area contributed by atoms with E-state index >= 15 is 0 Å². The van der Waals surface area contributed by atoms with E-state index in [1.165, 1.54) is 77.0 Å². The zero-order valence-corrected chi connectivity index (χ0v) is 19.2. The normalized spacial score (nSPS) is 49.7. The van der Waals surface area contributed by atoms with Gasteiger partial charge < -0.3 is 0 Å². The molecule has 0 spiro atoms. The summed E-state index contributed by atoms with van der Waals surface area (Å²) in [4.78, 5) is 0. The van der Waals surface area contributed by atoms with Crippen LogP contribution in [0.1, 0.15) is 119 Å². The number of rotatable bonds is 5.